The molecule has 0 aliphatic rings. The van der Waals surface area contributed by atoms with Gasteiger partial charge in [-0.1, -0.05) is 26.7 Å². The van der Waals surface area contributed by atoms with Gasteiger partial charge in [0.15, 0.2) is 0 Å². The third kappa shape index (κ3) is 4.80. The minimum absolute atomic E-state index is 0.00750. The van der Waals surface area contributed by atoms with Crippen molar-refractivity contribution in [1.29, 1.82) is 0 Å². The van der Waals surface area contributed by atoms with Crippen LogP contribution in [-0.2, 0) is 16.6 Å². The van der Waals surface area contributed by atoms with E-state index in [4.69, 9.17) is 4.42 Å². The maximum Gasteiger partial charge on any atom is 0.273 e. The lowest BCUT2D eigenvalue weighted by Gasteiger charge is -2.03. The predicted octanol–water partition coefficient (Wildman–Crippen LogP) is 1.86. The summed E-state index contributed by atoms with van der Waals surface area (Å²) in [6.45, 7) is 5.88. The van der Waals surface area contributed by atoms with Crippen LogP contribution in [0.2, 0.25) is 0 Å². The molecule has 0 unspecified atom stereocenters. The SMILES string of the molecule is CCCCCNS(=O)(=O)c1ccc(CNCC)o1. The Hall–Kier alpha value is -0.850. The summed E-state index contributed by atoms with van der Waals surface area (Å²) < 4.78 is 31.5. The lowest BCUT2D eigenvalue weighted by atomic mass is 10.3. The molecule has 0 aromatic carbocycles. The van der Waals surface area contributed by atoms with Crippen LogP contribution in [0, 0.1) is 0 Å². The standard InChI is InChI=1S/C12H22N2O3S/c1-3-5-6-9-14-18(15,16)12-8-7-11(17-12)10-13-4-2/h7-8,13-14H,3-6,9-10H2,1-2H3. The number of unbranched alkanes of at least 4 members (excludes halogenated alkanes) is 2. The summed E-state index contributed by atoms with van der Waals surface area (Å²) in [6.07, 6.45) is 2.93. The van der Waals surface area contributed by atoms with E-state index < -0.39 is 10.0 Å². The van der Waals surface area contributed by atoms with Crippen molar-refractivity contribution >= 4 is 10.0 Å². The maximum atomic E-state index is 11.9. The number of hydrogen-bond donors (Lipinski definition) is 2. The zero-order valence-electron chi connectivity index (χ0n) is 11.0. The molecule has 0 spiro atoms. The van der Waals surface area contributed by atoms with Gasteiger partial charge < -0.3 is 9.73 Å². The molecule has 6 heteroatoms. The van der Waals surface area contributed by atoms with Gasteiger partial charge in [0.1, 0.15) is 5.76 Å². The Kier molecular flexibility index (Phi) is 6.38. The number of nitrogens with one attached hydrogen (secondary N) is 2. The molecule has 0 saturated carbocycles. The molecule has 1 aromatic heterocycles. The number of furan rings is 1. The summed E-state index contributed by atoms with van der Waals surface area (Å²) in [5.74, 6) is 0.630. The Morgan fingerprint density at radius 3 is 2.67 bits per heavy atom. The van der Waals surface area contributed by atoms with Gasteiger partial charge in [-0.05, 0) is 25.1 Å². The fraction of sp³-hybridized carbons (Fsp3) is 0.667. The topological polar surface area (TPSA) is 71.3 Å². The highest BCUT2D eigenvalue weighted by atomic mass is 32.2. The summed E-state index contributed by atoms with van der Waals surface area (Å²) in [5.41, 5.74) is 0. The molecule has 104 valence electrons. The molecular formula is C12H22N2O3S. The Labute approximate surface area is 109 Å². The van der Waals surface area contributed by atoms with Crippen molar-refractivity contribution in [3.63, 3.8) is 0 Å². The first-order valence-electron chi connectivity index (χ1n) is 6.39. The number of rotatable bonds is 9. The van der Waals surface area contributed by atoms with E-state index in [0.29, 0.717) is 18.8 Å². The molecule has 0 aliphatic heterocycles. The Morgan fingerprint density at radius 2 is 2.00 bits per heavy atom. The van der Waals surface area contributed by atoms with Crippen molar-refractivity contribution in [2.75, 3.05) is 13.1 Å². The van der Waals surface area contributed by atoms with E-state index in [0.717, 1.165) is 25.8 Å². The highest BCUT2D eigenvalue weighted by molar-refractivity contribution is 7.89. The van der Waals surface area contributed by atoms with Crippen molar-refractivity contribution in [3.05, 3.63) is 17.9 Å². The van der Waals surface area contributed by atoms with Crippen molar-refractivity contribution in [2.45, 2.75) is 44.7 Å². The van der Waals surface area contributed by atoms with Crippen LogP contribution in [0.15, 0.2) is 21.6 Å². The largest absolute Gasteiger partial charge is 0.447 e. The van der Waals surface area contributed by atoms with Gasteiger partial charge in [-0.3, -0.25) is 0 Å². The minimum atomic E-state index is -3.49. The lowest BCUT2D eigenvalue weighted by molar-refractivity contribution is 0.401. The monoisotopic (exact) mass is 274 g/mol. The Morgan fingerprint density at radius 1 is 1.22 bits per heavy atom. The van der Waals surface area contributed by atoms with Gasteiger partial charge >= 0.3 is 0 Å². The van der Waals surface area contributed by atoms with Crippen LogP contribution in [0.25, 0.3) is 0 Å². The second-order valence-corrected chi connectivity index (χ2v) is 5.80. The predicted molar refractivity (Wildman–Crippen MR) is 70.8 cm³/mol. The first-order chi connectivity index (χ1) is 8.60. The van der Waals surface area contributed by atoms with Crippen molar-refractivity contribution < 1.29 is 12.8 Å². The van der Waals surface area contributed by atoms with Gasteiger partial charge in [0, 0.05) is 6.54 Å². The van der Waals surface area contributed by atoms with Gasteiger partial charge in [-0.15, -0.1) is 0 Å². The van der Waals surface area contributed by atoms with Crippen LogP contribution in [0.1, 0.15) is 38.9 Å². The van der Waals surface area contributed by atoms with Gasteiger partial charge in [0.2, 0.25) is 5.09 Å². The molecule has 1 heterocycles. The first kappa shape index (κ1) is 15.2. The molecular weight excluding hydrogens is 252 g/mol. The van der Waals surface area contributed by atoms with E-state index in [1.54, 1.807) is 6.07 Å². The molecule has 1 aromatic rings. The van der Waals surface area contributed by atoms with Gasteiger partial charge in [0.25, 0.3) is 10.0 Å². The van der Waals surface area contributed by atoms with Crippen LogP contribution < -0.4 is 10.0 Å². The smallest absolute Gasteiger partial charge is 0.273 e. The number of hydrogen-bond acceptors (Lipinski definition) is 4. The Bertz CT molecular complexity index is 440. The van der Waals surface area contributed by atoms with Gasteiger partial charge in [-0.2, -0.15) is 0 Å². The second-order valence-electron chi connectivity index (χ2n) is 4.11. The van der Waals surface area contributed by atoms with E-state index in [1.165, 1.54) is 6.07 Å². The minimum Gasteiger partial charge on any atom is -0.447 e. The van der Waals surface area contributed by atoms with Crippen LogP contribution in [-0.4, -0.2) is 21.5 Å². The molecule has 1 rings (SSSR count). The normalized spacial score (nSPS) is 11.9. The second kappa shape index (κ2) is 7.56. The van der Waals surface area contributed by atoms with E-state index in [1.807, 2.05) is 6.92 Å². The molecule has 0 atom stereocenters. The van der Waals surface area contributed by atoms with Crippen LogP contribution >= 0.6 is 0 Å². The molecule has 0 bridgehead atoms. The van der Waals surface area contributed by atoms with E-state index in [9.17, 15) is 8.42 Å². The Balaban J connectivity index is 2.53. The summed E-state index contributed by atoms with van der Waals surface area (Å²) in [4.78, 5) is 0. The highest BCUT2D eigenvalue weighted by Crippen LogP contribution is 2.13. The van der Waals surface area contributed by atoms with Crippen molar-refractivity contribution in [2.24, 2.45) is 0 Å². The lowest BCUT2D eigenvalue weighted by Crippen LogP contribution is -2.24. The molecule has 2 N–H and O–H groups in total. The fourth-order valence-electron chi connectivity index (χ4n) is 1.50. The summed E-state index contributed by atoms with van der Waals surface area (Å²) in [7, 11) is -3.49. The third-order valence-corrected chi connectivity index (χ3v) is 3.86. The number of sulfonamides is 1. The molecule has 0 amide bonds. The summed E-state index contributed by atoms with van der Waals surface area (Å²) >= 11 is 0. The maximum absolute atomic E-state index is 11.9. The van der Waals surface area contributed by atoms with E-state index in [-0.39, 0.29) is 5.09 Å². The highest BCUT2D eigenvalue weighted by Gasteiger charge is 2.17. The molecule has 0 radical (unpaired) electrons. The van der Waals surface area contributed by atoms with Gasteiger partial charge in [-0.25, -0.2) is 13.1 Å². The third-order valence-electron chi connectivity index (χ3n) is 2.52. The quantitative estimate of drug-likeness (QED) is 0.674. The molecule has 0 saturated heterocycles. The average Bonchev–Trinajstić information content (AvgIpc) is 2.81. The van der Waals surface area contributed by atoms with Crippen LogP contribution in [0.4, 0.5) is 0 Å². The molecule has 0 fully saturated rings. The van der Waals surface area contributed by atoms with Gasteiger partial charge in [0.05, 0.1) is 6.54 Å². The van der Waals surface area contributed by atoms with Crippen LogP contribution in [0.3, 0.4) is 0 Å². The molecule has 18 heavy (non-hydrogen) atoms. The van der Waals surface area contributed by atoms with Crippen molar-refractivity contribution in [3.8, 4) is 0 Å². The molecule has 0 aliphatic carbocycles. The van der Waals surface area contributed by atoms with E-state index >= 15 is 0 Å². The average molecular weight is 274 g/mol. The van der Waals surface area contributed by atoms with E-state index in [2.05, 4.69) is 17.0 Å². The summed E-state index contributed by atoms with van der Waals surface area (Å²) in [6, 6.07) is 3.18. The zero-order chi connectivity index (χ0) is 13.4. The van der Waals surface area contributed by atoms with Crippen molar-refractivity contribution in [1.82, 2.24) is 10.0 Å². The van der Waals surface area contributed by atoms with Crippen LogP contribution in [0.5, 0.6) is 0 Å². The summed E-state index contributed by atoms with van der Waals surface area (Å²) in [5, 5.41) is 3.07. The zero-order valence-corrected chi connectivity index (χ0v) is 11.8. The molecule has 5 nitrogen and oxygen atoms in total. The first-order valence-corrected chi connectivity index (χ1v) is 7.87. The fourth-order valence-corrected chi connectivity index (χ4v) is 2.52.